The van der Waals surface area contributed by atoms with Gasteiger partial charge >= 0.3 is 0 Å². The minimum absolute atomic E-state index is 0.272. The molecule has 1 aliphatic heterocycles. The lowest BCUT2D eigenvalue weighted by molar-refractivity contribution is -0.127. The van der Waals surface area contributed by atoms with Gasteiger partial charge in [-0.15, -0.1) is 0 Å². The second-order valence-corrected chi connectivity index (χ2v) is 7.89. The van der Waals surface area contributed by atoms with Gasteiger partial charge in [0, 0.05) is 58.2 Å². The maximum absolute atomic E-state index is 12.3. The average molecular weight is 386 g/mol. The van der Waals surface area contributed by atoms with Crippen molar-refractivity contribution in [2.24, 2.45) is 10.9 Å². The van der Waals surface area contributed by atoms with Crippen LogP contribution in [0, 0.1) is 5.92 Å². The second kappa shape index (κ2) is 10.5. The summed E-state index contributed by atoms with van der Waals surface area (Å²) >= 11 is 0. The Bertz CT molecular complexity index is 644. The van der Waals surface area contributed by atoms with Gasteiger partial charge < -0.3 is 15.5 Å². The van der Waals surface area contributed by atoms with E-state index in [4.69, 9.17) is 0 Å². The molecule has 0 bridgehead atoms. The number of nitrogens with one attached hydrogen (secondary N) is 2. The Balaban J connectivity index is 1.34. The van der Waals surface area contributed by atoms with Gasteiger partial charge in [-0.05, 0) is 31.4 Å². The van der Waals surface area contributed by atoms with Crippen LogP contribution in [-0.2, 0) is 11.2 Å². The quantitative estimate of drug-likeness (QED) is 0.476. The molecule has 1 unspecified atom stereocenters. The molecular formula is C22H35N5O. The largest absolute Gasteiger partial charge is 0.356 e. The zero-order chi connectivity index (χ0) is 19.8. The zero-order valence-corrected chi connectivity index (χ0v) is 17.4. The second-order valence-electron chi connectivity index (χ2n) is 7.89. The highest BCUT2D eigenvalue weighted by atomic mass is 16.2. The van der Waals surface area contributed by atoms with E-state index in [0.717, 1.165) is 57.7 Å². The normalized spacial score (nSPS) is 20.1. The molecular weight excluding hydrogens is 350 g/mol. The topological polar surface area (TPSA) is 60.0 Å². The fourth-order valence-electron chi connectivity index (χ4n) is 3.93. The molecule has 3 rings (SSSR count). The summed E-state index contributed by atoms with van der Waals surface area (Å²) in [6, 6.07) is 11.2. The smallest absolute Gasteiger partial charge is 0.223 e. The van der Waals surface area contributed by atoms with Crippen LogP contribution in [-0.4, -0.2) is 74.0 Å². The van der Waals surface area contributed by atoms with Crippen molar-refractivity contribution in [3.63, 3.8) is 0 Å². The molecule has 1 aromatic carbocycles. The molecule has 2 aliphatic rings. The number of likely N-dealkylation sites (tertiary alicyclic amines) is 1. The molecule has 0 aromatic heterocycles. The fraction of sp³-hybridized carbons (Fsp3) is 0.636. The third-order valence-corrected chi connectivity index (χ3v) is 5.75. The van der Waals surface area contributed by atoms with Gasteiger partial charge in [-0.1, -0.05) is 37.3 Å². The lowest BCUT2D eigenvalue weighted by Crippen LogP contribution is -2.43. The third kappa shape index (κ3) is 6.23. The van der Waals surface area contributed by atoms with Crippen molar-refractivity contribution in [1.82, 2.24) is 20.4 Å². The van der Waals surface area contributed by atoms with Gasteiger partial charge in [0.05, 0.1) is 0 Å². The zero-order valence-electron chi connectivity index (χ0n) is 17.4. The highest BCUT2D eigenvalue weighted by molar-refractivity contribution is 5.80. The lowest BCUT2D eigenvalue weighted by atomic mass is 10.1. The summed E-state index contributed by atoms with van der Waals surface area (Å²) in [7, 11) is 1.81. The summed E-state index contributed by atoms with van der Waals surface area (Å²) in [5.74, 6) is 1.45. The van der Waals surface area contributed by atoms with Gasteiger partial charge in [0.25, 0.3) is 0 Å². The SMILES string of the molecule is CCN(CCNC(=NC)NCC1CC(=O)N(CCc2ccccc2)C1)C1CC1. The number of nitrogens with zero attached hydrogens (tertiary/aromatic N) is 3. The number of amides is 1. The van der Waals surface area contributed by atoms with Crippen LogP contribution >= 0.6 is 0 Å². The number of hydrogen-bond acceptors (Lipinski definition) is 3. The van der Waals surface area contributed by atoms with Crippen LogP contribution in [0.1, 0.15) is 31.7 Å². The first-order chi connectivity index (χ1) is 13.7. The summed E-state index contributed by atoms with van der Waals surface area (Å²) in [6.07, 6.45) is 4.24. The van der Waals surface area contributed by atoms with Gasteiger partial charge in [0.15, 0.2) is 5.96 Å². The molecule has 1 amide bonds. The van der Waals surface area contributed by atoms with Crippen LogP contribution < -0.4 is 10.6 Å². The highest BCUT2D eigenvalue weighted by Gasteiger charge is 2.29. The number of likely N-dealkylation sites (N-methyl/N-ethyl adjacent to an activating group) is 1. The number of carbonyl (C=O) groups is 1. The van der Waals surface area contributed by atoms with Crippen LogP contribution in [0.4, 0.5) is 0 Å². The number of hydrogen-bond donors (Lipinski definition) is 2. The van der Waals surface area contributed by atoms with Gasteiger partial charge in [-0.3, -0.25) is 14.7 Å². The van der Waals surface area contributed by atoms with Crippen molar-refractivity contribution in [1.29, 1.82) is 0 Å². The summed E-state index contributed by atoms with van der Waals surface area (Å²) in [4.78, 5) is 21.2. The molecule has 154 valence electrons. The molecule has 6 nitrogen and oxygen atoms in total. The van der Waals surface area contributed by atoms with Crippen LogP contribution in [0.15, 0.2) is 35.3 Å². The van der Waals surface area contributed by atoms with Crippen molar-refractivity contribution in [3.8, 4) is 0 Å². The van der Waals surface area contributed by atoms with Crippen molar-refractivity contribution in [3.05, 3.63) is 35.9 Å². The van der Waals surface area contributed by atoms with Crippen molar-refractivity contribution in [2.75, 3.05) is 46.3 Å². The monoisotopic (exact) mass is 385 g/mol. The Morgan fingerprint density at radius 2 is 2.04 bits per heavy atom. The lowest BCUT2D eigenvalue weighted by Gasteiger charge is -2.21. The minimum atomic E-state index is 0.272. The van der Waals surface area contributed by atoms with Crippen LogP contribution in [0.2, 0.25) is 0 Å². The molecule has 28 heavy (non-hydrogen) atoms. The Hall–Kier alpha value is -2.08. The fourth-order valence-corrected chi connectivity index (χ4v) is 3.93. The molecule has 2 N–H and O–H groups in total. The first-order valence-electron chi connectivity index (χ1n) is 10.7. The standard InChI is InChI=1S/C22H35N5O/c1-3-26(20-9-10-20)14-12-24-22(23-2)25-16-19-15-21(28)27(17-19)13-11-18-7-5-4-6-8-18/h4-8,19-20H,3,9-17H2,1-2H3,(H2,23,24,25). The summed E-state index contributed by atoms with van der Waals surface area (Å²) < 4.78 is 0. The van der Waals surface area contributed by atoms with E-state index in [1.165, 1.54) is 18.4 Å². The summed E-state index contributed by atoms with van der Waals surface area (Å²) in [5, 5.41) is 6.81. The molecule has 0 spiro atoms. The van der Waals surface area contributed by atoms with Crippen LogP contribution in [0.25, 0.3) is 0 Å². The van der Waals surface area contributed by atoms with Crippen LogP contribution in [0.5, 0.6) is 0 Å². The first kappa shape index (κ1) is 20.6. The van der Waals surface area contributed by atoms with Crippen LogP contribution in [0.3, 0.4) is 0 Å². The molecule has 0 radical (unpaired) electrons. The van der Waals surface area contributed by atoms with Crippen molar-refractivity contribution in [2.45, 2.75) is 38.6 Å². The van der Waals surface area contributed by atoms with Gasteiger partial charge in [-0.2, -0.15) is 0 Å². The predicted octanol–water partition coefficient (Wildman–Crippen LogP) is 1.73. The van der Waals surface area contributed by atoms with E-state index in [0.29, 0.717) is 12.3 Å². The Labute approximate surface area is 169 Å². The van der Waals surface area contributed by atoms with E-state index in [2.05, 4.69) is 51.7 Å². The minimum Gasteiger partial charge on any atom is -0.356 e. The maximum Gasteiger partial charge on any atom is 0.223 e. The molecule has 1 heterocycles. The van der Waals surface area contributed by atoms with E-state index in [1.54, 1.807) is 7.05 Å². The van der Waals surface area contributed by atoms with E-state index >= 15 is 0 Å². The number of rotatable bonds is 10. The van der Waals surface area contributed by atoms with Crippen molar-refractivity contribution < 1.29 is 4.79 Å². The number of guanidine groups is 1. The van der Waals surface area contributed by atoms with Crippen molar-refractivity contribution >= 4 is 11.9 Å². The van der Waals surface area contributed by atoms with E-state index in [9.17, 15) is 4.79 Å². The van der Waals surface area contributed by atoms with E-state index in [1.807, 2.05) is 11.0 Å². The highest BCUT2D eigenvalue weighted by Crippen LogP contribution is 2.25. The van der Waals surface area contributed by atoms with E-state index in [-0.39, 0.29) is 5.91 Å². The van der Waals surface area contributed by atoms with Gasteiger partial charge in [-0.25, -0.2) is 0 Å². The molecule has 1 atom stereocenters. The Morgan fingerprint density at radius 1 is 1.25 bits per heavy atom. The third-order valence-electron chi connectivity index (χ3n) is 5.75. The Morgan fingerprint density at radius 3 is 2.71 bits per heavy atom. The first-order valence-corrected chi connectivity index (χ1v) is 10.7. The Kier molecular flexibility index (Phi) is 7.71. The number of carbonyl (C=O) groups excluding carboxylic acids is 1. The summed E-state index contributed by atoms with van der Waals surface area (Å²) in [5.41, 5.74) is 1.29. The number of benzene rings is 1. The predicted molar refractivity (Wildman–Crippen MR) is 114 cm³/mol. The van der Waals surface area contributed by atoms with Gasteiger partial charge in [0.2, 0.25) is 5.91 Å². The maximum atomic E-state index is 12.3. The molecule has 1 saturated carbocycles. The molecule has 2 fully saturated rings. The number of aliphatic imine (C=N–C) groups is 1. The van der Waals surface area contributed by atoms with E-state index < -0.39 is 0 Å². The molecule has 6 heteroatoms. The summed E-state index contributed by atoms with van der Waals surface area (Å²) in [6.45, 7) is 7.72. The van der Waals surface area contributed by atoms with Gasteiger partial charge in [0.1, 0.15) is 0 Å². The average Bonchev–Trinajstić information content (AvgIpc) is 3.50. The molecule has 1 aliphatic carbocycles. The molecule has 1 saturated heterocycles. The molecule has 1 aromatic rings.